The number of likely N-dealkylation sites (N-methyl/N-ethyl adjacent to an activating group) is 1. The second-order valence-corrected chi connectivity index (χ2v) is 14.2. The molecule has 5 aromatic carbocycles. The van der Waals surface area contributed by atoms with Gasteiger partial charge in [-0.05, 0) is 115 Å². The van der Waals surface area contributed by atoms with E-state index in [4.69, 9.17) is 4.74 Å². The maximum atomic E-state index is 11.8. The first kappa shape index (κ1) is 39.3. The number of hydrogen-bond acceptors (Lipinski definition) is 6. The summed E-state index contributed by atoms with van der Waals surface area (Å²) in [6.07, 6.45) is 0.457. The molecule has 0 aliphatic carbocycles. The zero-order valence-corrected chi connectivity index (χ0v) is 33.3. The maximum Gasteiger partial charge on any atom is 0.248 e. The van der Waals surface area contributed by atoms with Gasteiger partial charge in [0.1, 0.15) is 6.10 Å². The van der Waals surface area contributed by atoms with Crippen LogP contribution in [-0.2, 0) is 11.2 Å². The van der Waals surface area contributed by atoms with Crippen LogP contribution in [0.2, 0.25) is 0 Å². The lowest BCUT2D eigenvalue weighted by Gasteiger charge is -2.22. The molecule has 0 spiro atoms. The summed E-state index contributed by atoms with van der Waals surface area (Å²) in [5.41, 5.74) is 12.7. The fraction of sp³-hybridized carbons (Fsp3) is 0.217. The number of epoxide rings is 1. The van der Waals surface area contributed by atoms with Gasteiger partial charge in [0.25, 0.3) is 0 Å². The Bertz CT molecular complexity index is 2540. The number of H-pyrrole nitrogens is 2. The Morgan fingerprint density at radius 1 is 0.764 bits per heavy atom. The van der Waals surface area contributed by atoms with E-state index in [-0.39, 0.29) is 28.5 Å². The number of nitrogens with one attached hydrogen (secondary N) is 3. The van der Waals surface area contributed by atoms with E-state index in [9.17, 15) is 14.7 Å². The molecule has 3 heterocycles. The van der Waals surface area contributed by atoms with Gasteiger partial charge in [-0.2, -0.15) is 9.90 Å². The number of anilines is 2. The number of aromatic nitrogens is 2. The number of benzene rings is 5. The molecule has 0 bridgehead atoms. The van der Waals surface area contributed by atoms with Crippen LogP contribution >= 0.6 is 9.90 Å². The highest BCUT2D eigenvalue weighted by molar-refractivity contribution is 6.92. The number of aliphatic hydroxyl groups is 1. The molecule has 2 aromatic heterocycles. The van der Waals surface area contributed by atoms with Crippen molar-refractivity contribution in [1.82, 2.24) is 14.9 Å². The minimum Gasteiger partial charge on any atom is -0.387 e. The average molecular weight is 757 g/mol. The van der Waals surface area contributed by atoms with Crippen molar-refractivity contribution < 1.29 is 11.3 Å². The van der Waals surface area contributed by atoms with Gasteiger partial charge in [0.2, 0.25) is 11.1 Å². The van der Waals surface area contributed by atoms with Gasteiger partial charge >= 0.3 is 0 Å². The standard InChI is InChI=1S/C34H35N3O2.C12H11NO2.H3P.H2/c1-23-9-13-28(21-31(23)26-7-5-4-6-8-26)35-27-14-11-25(12-15-27)19-20-37(3)22-32(38)29-16-10-24(2)34-30(29)17-18-33(39)36-34;1-7-2-3-8(10-6-15-10)9-4-5-11(14)13-12(7)9;;/h4-18,21,32,35,38H,19-20,22H2,1-3H3,(H,36,39);2-5,10H,6H2,1H3,(H,13,14);1H3;1H/t32-;10-;;/m00../s1/i;;;1+2. The van der Waals surface area contributed by atoms with Gasteiger partial charge in [-0.1, -0.05) is 72.8 Å². The summed E-state index contributed by atoms with van der Waals surface area (Å²) in [6.45, 7) is 8.22. The summed E-state index contributed by atoms with van der Waals surface area (Å²) in [5.74, 6) is 0. The van der Waals surface area contributed by atoms with Crippen molar-refractivity contribution >= 4 is 43.1 Å². The minimum absolute atomic E-state index is 0. The molecule has 1 aliphatic heterocycles. The lowest BCUT2D eigenvalue weighted by atomic mass is 10.00. The molecule has 4 N–H and O–H groups in total. The Labute approximate surface area is 326 Å². The third-order valence-electron chi connectivity index (χ3n) is 10.1. The molecule has 7 aromatic rings. The zero-order valence-electron chi connectivity index (χ0n) is 31.9. The van der Waals surface area contributed by atoms with E-state index in [1.807, 2.05) is 51.2 Å². The molecule has 0 saturated carbocycles. The Balaban J connectivity index is 0.000000294. The Morgan fingerprint density at radius 2 is 1.36 bits per heavy atom. The van der Waals surface area contributed by atoms with Crippen molar-refractivity contribution in [3.63, 3.8) is 0 Å². The maximum absolute atomic E-state index is 11.8. The summed E-state index contributed by atoms with van der Waals surface area (Å²) in [7, 11) is 2.03. The predicted molar refractivity (Wildman–Crippen MR) is 233 cm³/mol. The quantitative estimate of drug-likeness (QED) is 0.0819. The van der Waals surface area contributed by atoms with Crippen LogP contribution in [0.3, 0.4) is 0 Å². The topological polar surface area (TPSA) is 114 Å². The van der Waals surface area contributed by atoms with Gasteiger partial charge in [0.05, 0.1) is 23.7 Å². The Morgan fingerprint density at radius 3 is 2.04 bits per heavy atom. The van der Waals surface area contributed by atoms with Crippen molar-refractivity contribution in [2.75, 3.05) is 32.1 Å². The van der Waals surface area contributed by atoms with Crippen molar-refractivity contribution in [3.8, 4) is 11.1 Å². The molecule has 284 valence electrons. The number of aromatic amines is 2. The first-order chi connectivity index (χ1) is 26.1. The van der Waals surface area contributed by atoms with Gasteiger partial charge in [-0.15, -0.1) is 0 Å². The molecule has 1 fully saturated rings. The SMILES string of the molecule is Cc1ccc(Nc2ccc(CCN(C)C[C@H](O)c3ccc(C)c4[nH]c(=O)ccc34)cc2)cc1-c1ccccc1.Cc1ccc([C@@H]2CO2)c2ccc(=O)[nH]c12.P.[3HH]. The van der Waals surface area contributed by atoms with Gasteiger partial charge in [0, 0.05) is 48.8 Å². The number of nitrogens with zero attached hydrogens (tertiary/aromatic N) is 1. The first-order valence-electron chi connectivity index (χ1n) is 18.4. The van der Waals surface area contributed by atoms with Gasteiger partial charge in [0.15, 0.2) is 0 Å². The second-order valence-electron chi connectivity index (χ2n) is 14.2. The van der Waals surface area contributed by atoms with E-state index < -0.39 is 6.10 Å². The van der Waals surface area contributed by atoms with Crippen LogP contribution in [-0.4, -0.2) is 46.7 Å². The lowest BCUT2D eigenvalue weighted by Crippen LogP contribution is -2.27. The number of hydrogen-bond donors (Lipinski definition) is 4. The highest BCUT2D eigenvalue weighted by Crippen LogP contribution is 2.35. The van der Waals surface area contributed by atoms with E-state index in [0.717, 1.165) is 69.4 Å². The van der Waals surface area contributed by atoms with Crippen molar-refractivity contribution in [3.05, 3.63) is 175 Å². The van der Waals surface area contributed by atoms with E-state index in [0.29, 0.717) is 6.54 Å². The number of aryl methyl sites for hydroxylation is 3. The van der Waals surface area contributed by atoms with E-state index in [1.54, 1.807) is 12.1 Å². The average Bonchev–Trinajstić information content (AvgIpc) is 4.02. The smallest absolute Gasteiger partial charge is 0.248 e. The predicted octanol–water partition coefficient (Wildman–Crippen LogP) is 8.98. The van der Waals surface area contributed by atoms with E-state index in [2.05, 4.69) is 99.9 Å². The molecule has 3 atom stereocenters. The summed E-state index contributed by atoms with van der Waals surface area (Å²) in [5, 5.41) is 16.5. The van der Waals surface area contributed by atoms with Crippen LogP contribution in [0, 0.1) is 20.8 Å². The number of rotatable bonds is 10. The molecule has 8 rings (SSSR count). The third kappa shape index (κ3) is 9.48. The van der Waals surface area contributed by atoms with E-state index in [1.165, 1.54) is 33.9 Å². The lowest BCUT2D eigenvalue weighted by molar-refractivity contribution is 0.128. The molecule has 9 heteroatoms. The summed E-state index contributed by atoms with van der Waals surface area (Å²) < 4.78 is 5.28. The monoisotopic (exact) mass is 756 g/mol. The molecule has 55 heavy (non-hydrogen) atoms. The largest absolute Gasteiger partial charge is 0.387 e. The molecule has 1 saturated heterocycles. The van der Waals surface area contributed by atoms with Crippen LogP contribution in [0.25, 0.3) is 32.9 Å². The molecule has 1 aliphatic rings. The van der Waals surface area contributed by atoms with Crippen LogP contribution in [0.15, 0.2) is 131 Å². The van der Waals surface area contributed by atoms with Crippen molar-refractivity contribution in [2.24, 2.45) is 0 Å². The molecular formula is C46H51N4O4P. The highest BCUT2D eigenvalue weighted by atomic mass is 31.0. The molecule has 0 radical (unpaired) electrons. The third-order valence-corrected chi connectivity index (χ3v) is 10.1. The van der Waals surface area contributed by atoms with Crippen LogP contribution < -0.4 is 16.4 Å². The minimum atomic E-state index is -0.647. The summed E-state index contributed by atoms with van der Waals surface area (Å²) in [4.78, 5) is 30.9. The van der Waals surface area contributed by atoms with Gasteiger partial charge in [-0.3, -0.25) is 9.59 Å². The fourth-order valence-corrected chi connectivity index (χ4v) is 6.98. The number of aliphatic hydroxyl groups excluding tert-OH is 1. The number of ether oxygens (including phenoxy) is 1. The molecular weight excluding hydrogens is 704 g/mol. The van der Waals surface area contributed by atoms with Crippen molar-refractivity contribution in [2.45, 2.75) is 39.4 Å². The molecule has 0 amide bonds. The summed E-state index contributed by atoms with van der Waals surface area (Å²) >= 11 is 0. The highest BCUT2D eigenvalue weighted by Gasteiger charge is 2.26. The van der Waals surface area contributed by atoms with Crippen LogP contribution in [0.4, 0.5) is 11.4 Å². The summed E-state index contributed by atoms with van der Waals surface area (Å²) in [6, 6.07) is 40.2. The second kappa shape index (κ2) is 17.4. The zero-order chi connectivity index (χ0) is 37.8. The number of pyridine rings is 2. The fourth-order valence-electron chi connectivity index (χ4n) is 6.98. The van der Waals surface area contributed by atoms with Crippen LogP contribution in [0.1, 0.15) is 47.0 Å². The van der Waals surface area contributed by atoms with Gasteiger partial charge in [-0.25, -0.2) is 0 Å². The van der Waals surface area contributed by atoms with Crippen molar-refractivity contribution in [1.29, 1.82) is 0 Å². The number of fused-ring (bicyclic) bond motifs is 2. The van der Waals surface area contributed by atoms with Gasteiger partial charge < -0.3 is 30.0 Å². The molecule has 1 unspecified atom stereocenters. The first-order valence-corrected chi connectivity index (χ1v) is 18.4. The molecule has 8 nitrogen and oxygen atoms in total. The van der Waals surface area contributed by atoms with Crippen LogP contribution in [0.5, 0.6) is 0 Å². The van der Waals surface area contributed by atoms with E-state index >= 15 is 0 Å². The Hall–Kier alpha value is -5.37. The normalized spacial score (nSPS) is 13.9. The Kier molecular flexibility index (Phi) is 12.4.